The smallest absolute Gasteiger partial charge is 0.373 e. The van der Waals surface area contributed by atoms with Crippen LogP contribution in [0.5, 0.6) is 5.75 Å². The molecule has 2 heterocycles. The third-order valence-electron chi connectivity index (χ3n) is 4.94. The summed E-state index contributed by atoms with van der Waals surface area (Å²) in [4.78, 5) is 38.0. The summed E-state index contributed by atoms with van der Waals surface area (Å²) in [7, 11) is 1.24. The van der Waals surface area contributed by atoms with Gasteiger partial charge in [-0.2, -0.15) is 0 Å². The van der Waals surface area contributed by atoms with Gasteiger partial charge in [0.15, 0.2) is 0 Å². The first kappa shape index (κ1) is 22.4. The molecule has 7 nitrogen and oxygen atoms in total. The zero-order chi connectivity index (χ0) is 23.4. The van der Waals surface area contributed by atoms with Crippen LogP contribution in [0.15, 0.2) is 70.0 Å². The number of esters is 1. The molecular weight excluding hydrogens is 442 g/mol. The Morgan fingerprint density at radius 2 is 1.76 bits per heavy atom. The number of rotatable bonds is 7. The number of amides is 2. The topological polar surface area (TPSA) is 86.0 Å². The summed E-state index contributed by atoms with van der Waals surface area (Å²) >= 11 is 0.860. The van der Waals surface area contributed by atoms with E-state index >= 15 is 0 Å². The van der Waals surface area contributed by atoms with Crippen molar-refractivity contribution in [2.45, 2.75) is 20.1 Å². The monoisotopic (exact) mass is 463 g/mol. The minimum Gasteiger partial charge on any atom is -0.489 e. The van der Waals surface area contributed by atoms with E-state index in [4.69, 9.17) is 9.15 Å². The molecule has 33 heavy (non-hydrogen) atoms. The Bertz CT molecular complexity index is 1210. The Morgan fingerprint density at radius 3 is 2.45 bits per heavy atom. The van der Waals surface area contributed by atoms with Crippen LogP contribution in [0.4, 0.5) is 4.79 Å². The first-order chi connectivity index (χ1) is 15.9. The standard InChI is InChI=1S/C25H21NO6S/c1-16-3-5-18(6-4-16)15-31-19-9-7-17(8-10-19)13-22-23(27)26(25(29)33-22)14-20-11-12-21(32-20)24(28)30-2/h3-13H,14-15H2,1-2H3/b22-13+. The number of carbonyl (C=O) groups is 3. The number of hydrogen-bond acceptors (Lipinski definition) is 7. The molecule has 4 rings (SSSR count). The van der Waals surface area contributed by atoms with Crippen LogP contribution >= 0.6 is 11.8 Å². The number of imide groups is 1. The SMILES string of the molecule is COC(=O)c1ccc(CN2C(=O)S/C(=C/c3ccc(OCc4ccc(C)cc4)cc3)C2=O)o1. The van der Waals surface area contributed by atoms with E-state index in [9.17, 15) is 14.4 Å². The van der Waals surface area contributed by atoms with E-state index in [1.54, 1.807) is 6.08 Å². The van der Waals surface area contributed by atoms with Crippen LogP contribution in [-0.4, -0.2) is 29.1 Å². The van der Waals surface area contributed by atoms with Crippen LogP contribution in [0.3, 0.4) is 0 Å². The fourth-order valence-electron chi connectivity index (χ4n) is 3.13. The number of methoxy groups -OCH3 is 1. The Labute approximate surface area is 195 Å². The van der Waals surface area contributed by atoms with Gasteiger partial charge in [-0.3, -0.25) is 14.5 Å². The van der Waals surface area contributed by atoms with E-state index in [1.807, 2.05) is 55.5 Å². The van der Waals surface area contributed by atoms with Gasteiger partial charge in [-0.15, -0.1) is 0 Å². The molecular formula is C25H21NO6S. The summed E-state index contributed by atoms with van der Waals surface area (Å²) in [5.41, 5.74) is 3.05. The van der Waals surface area contributed by atoms with Gasteiger partial charge < -0.3 is 13.9 Å². The number of hydrogen-bond donors (Lipinski definition) is 0. The minimum absolute atomic E-state index is 0.0136. The molecule has 3 aromatic rings. The first-order valence-electron chi connectivity index (χ1n) is 10.1. The molecule has 2 aromatic carbocycles. The number of aryl methyl sites for hydroxylation is 1. The molecule has 0 spiro atoms. The molecule has 1 aliphatic rings. The fraction of sp³-hybridized carbons (Fsp3) is 0.160. The highest BCUT2D eigenvalue weighted by molar-refractivity contribution is 8.18. The van der Waals surface area contributed by atoms with Gasteiger partial charge in [-0.1, -0.05) is 42.0 Å². The molecule has 8 heteroatoms. The van der Waals surface area contributed by atoms with Crippen molar-refractivity contribution in [3.8, 4) is 5.75 Å². The summed E-state index contributed by atoms with van der Waals surface area (Å²) in [6, 6.07) is 18.4. The Balaban J connectivity index is 1.39. The van der Waals surface area contributed by atoms with Gasteiger partial charge in [0.05, 0.1) is 18.6 Å². The summed E-state index contributed by atoms with van der Waals surface area (Å²) in [6.07, 6.45) is 1.66. The molecule has 0 unspecified atom stereocenters. The first-order valence-corrected chi connectivity index (χ1v) is 11.0. The Kier molecular flexibility index (Phi) is 6.65. The number of furan rings is 1. The van der Waals surface area contributed by atoms with Crippen LogP contribution < -0.4 is 4.74 Å². The van der Waals surface area contributed by atoms with Crippen LogP contribution in [0.1, 0.15) is 33.0 Å². The lowest BCUT2D eigenvalue weighted by atomic mass is 10.1. The van der Waals surface area contributed by atoms with Crippen molar-refractivity contribution in [3.05, 3.63) is 93.8 Å². The van der Waals surface area contributed by atoms with Crippen molar-refractivity contribution in [1.82, 2.24) is 4.90 Å². The molecule has 168 valence electrons. The normalized spacial score (nSPS) is 14.7. The predicted octanol–water partition coefficient (Wildman–Crippen LogP) is 5.19. The quantitative estimate of drug-likeness (QED) is 0.352. The molecule has 1 saturated heterocycles. The largest absolute Gasteiger partial charge is 0.489 e. The predicted molar refractivity (Wildman–Crippen MR) is 124 cm³/mol. The lowest BCUT2D eigenvalue weighted by molar-refractivity contribution is -0.123. The van der Waals surface area contributed by atoms with Gasteiger partial charge in [0.1, 0.15) is 18.1 Å². The number of nitrogens with zero attached hydrogens (tertiary/aromatic N) is 1. The molecule has 0 bridgehead atoms. The zero-order valence-corrected chi connectivity index (χ0v) is 18.9. The van der Waals surface area contributed by atoms with Gasteiger partial charge in [0.2, 0.25) is 5.76 Å². The highest BCUT2D eigenvalue weighted by Crippen LogP contribution is 2.33. The highest BCUT2D eigenvalue weighted by Gasteiger charge is 2.35. The van der Waals surface area contributed by atoms with Crippen molar-refractivity contribution in [2.24, 2.45) is 0 Å². The van der Waals surface area contributed by atoms with Crippen LogP contribution in [0.25, 0.3) is 6.08 Å². The number of benzene rings is 2. The van der Waals surface area contributed by atoms with Crippen LogP contribution in [-0.2, 0) is 22.7 Å². The molecule has 1 aromatic heterocycles. The molecule has 1 aliphatic heterocycles. The molecule has 2 amide bonds. The second kappa shape index (κ2) is 9.79. The summed E-state index contributed by atoms with van der Waals surface area (Å²) in [5.74, 6) is -0.00363. The van der Waals surface area contributed by atoms with Gasteiger partial charge >= 0.3 is 5.97 Å². The number of ether oxygens (including phenoxy) is 2. The van der Waals surface area contributed by atoms with Gasteiger partial charge in [0.25, 0.3) is 11.1 Å². The van der Waals surface area contributed by atoms with E-state index in [1.165, 1.54) is 24.8 Å². The van der Waals surface area contributed by atoms with Crippen LogP contribution in [0.2, 0.25) is 0 Å². The molecule has 0 atom stereocenters. The molecule has 0 N–H and O–H groups in total. The average Bonchev–Trinajstić information content (AvgIpc) is 3.39. The molecule has 0 saturated carbocycles. The zero-order valence-electron chi connectivity index (χ0n) is 18.1. The lowest BCUT2D eigenvalue weighted by Gasteiger charge is -2.10. The van der Waals surface area contributed by atoms with Gasteiger partial charge in [-0.25, -0.2) is 4.79 Å². The van der Waals surface area contributed by atoms with E-state index in [2.05, 4.69) is 4.74 Å². The van der Waals surface area contributed by atoms with Crippen molar-refractivity contribution >= 4 is 35.0 Å². The van der Waals surface area contributed by atoms with E-state index in [-0.39, 0.29) is 12.3 Å². The summed E-state index contributed by atoms with van der Waals surface area (Å²) < 4.78 is 15.8. The van der Waals surface area contributed by atoms with Crippen molar-refractivity contribution in [2.75, 3.05) is 7.11 Å². The molecule has 1 fully saturated rings. The van der Waals surface area contributed by atoms with E-state index < -0.39 is 17.1 Å². The summed E-state index contributed by atoms with van der Waals surface area (Å²) in [5, 5.41) is -0.402. The molecule has 0 aliphatic carbocycles. The van der Waals surface area contributed by atoms with Crippen molar-refractivity contribution in [3.63, 3.8) is 0 Å². The summed E-state index contributed by atoms with van der Waals surface area (Å²) in [6.45, 7) is 2.43. The van der Waals surface area contributed by atoms with Gasteiger partial charge in [0, 0.05) is 0 Å². The Morgan fingerprint density at radius 1 is 1.03 bits per heavy atom. The maximum Gasteiger partial charge on any atom is 0.373 e. The third-order valence-corrected chi connectivity index (χ3v) is 5.85. The Hall–Kier alpha value is -3.78. The van der Waals surface area contributed by atoms with Crippen LogP contribution in [0, 0.1) is 6.92 Å². The minimum atomic E-state index is -0.624. The number of carbonyl (C=O) groups excluding carboxylic acids is 3. The molecule has 0 radical (unpaired) electrons. The lowest BCUT2D eigenvalue weighted by Crippen LogP contribution is -2.27. The van der Waals surface area contributed by atoms with Crippen molar-refractivity contribution < 1.29 is 28.3 Å². The van der Waals surface area contributed by atoms with Gasteiger partial charge in [-0.05, 0) is 60.2 Å². The highest BCUT2D eigenvalue weighted by atomic mass is 32.2. The maximum absolute atomic E-state index is 12.7. The second-order valence-electron chi connectivity index (χ2n) is 7.37. The maximum atomic E-state index is 12.7. The third kappa shape index (κ3) is 5.35. The second-order valence-corrected chi connectivity index (χ2v) is 8.36. The van der Waals surface area contributed by atoms with E-state index in [0.717, 1.165) is 27.8 Å². The fourth-order valence-corrected chi connectivity index (χ4v) is 3.97. The average molecular weight is 464 g/mol. The van der Waals surface area contributed by atoms with Crippen molar-refractivity contribution in [1.29, 1.82) is 0 Å². The number of thioether (sulfide) groups is 1. The van der Waals surface area contributed by atoms with E-state index in [0.29, 0.717) is 23.0 Å².